The second-order valence-corrected chi connectivity index (χ2v) is 6.65. The lowest BCUT2D eigenvalue weighted by Crippen LogP contribution is -2.35. The Morgan fingerprint density at radius 3 is 2.75 bits per heavy atom. The van der Waals surface area contributed by atoms with Crippen LogP contribution in [0.25, 0.3) is 22.4 Å². The number of aromatic amines is 1. The summed E-state index contributed by atoms with van der Waals surface area (Å²) < 4.78 is 13.4. The first-order chi connectivity index (χ1) is 11.4. The van der Waals surface area contributed by atoms with E-state index in [1.807, 2.05) is 39.0 Å². The van der Waals surface area contributed by atoms with Crippen LogP contribution in [0.2, 0.25) is 0 Å². The Morgan fingerprint density at radius 1 is 1.21 bits per heavy atom. The first kappa shape index (κ1) is 14.9. The number of anilines is 1. The molecule has 1 aliphatic heterocycles. The number of halogens is 1. The number of rotatable bonds is 2. The van der Waals surface area contributed by atoms with Crippen molar-refractivity contribution >= 4 is 22.6 Å². The maximum Gasteiger partial charge on any atom is 0.237 e. The molecule has 0 aliphatic carbocycles. The summed E-state index contributed by atoms with van der Waals surface area (Å²) in [6.45, 7) is 6.50. The Bertz CT molecular complexity index is 974. The molecule has 2 heterocycles. The van der Waals surface area contributed by atoms with Gasteiger partial charge in [0.25, 0.3) is 0 Å². The summed E-state index contributed by atoms with van der Waals surface area (Å²) in [5.74, 6) is 0.492. The predicted octanol–water partition coefficient (Wildman–Crippen LogP) is 4.01. The lowest BCUT2D eigenvalue weighted by atomic mass is 9.86. The maximum atomic E-state index is 13.4. The first-order valence-electron chi connectivity index (χ1n) is 8.04. The van der Waals surface area contributed by atoms with Crippen molar-refractivity contribution in [2.24, 2.45) is 0 Å². The third-order valence-corrected chi connectivity index (χ3v) is 4.78. The lowest BCUT2D eigenvalue weighted by Gasteiger charge is -2.18. The molecule has 0 atom stereocenters. The van der Waals surface area contributed by atoms with Crippen molar-refractivity contribution in [3.63, 3.8) is 0 Å². The molecule has 1 N–H and O–H groups in total. The van der Waals surface area contributed by atoms with Gasteiger partial charge in [-0.3, -0.25) is 4.79 Å². The Balaban J connectivity index is 1.86. The van der Waals surface area contributed by atoms with Crippen LogP contribution < -0.4 is 4.90 Å². The highest BCUT2D eigenvalue weighted by Gasteiger charge is 2.43. The van der Waals surface area contributed by atoms with Crippen molar-refractivity contribution in [2.45, 2.75) is 26.2 Å². The molecular formula is C19H18FN3O. The van der Waals surface area contributed by atoms with Crippen molar-refractivity contribution in [2.75, 3.05) is 11.4 Å². The number of imidazole rings is 1. The van der Waals surface area contributed by atoms with E-state index in [2.05, 4.69) is 9.97 Å². The quantitative estimate of drug-likeness (QED) is 0.774. The molecule has 24 heavy (non-hydrogen) atoms. The average molecular weight is 323 g/mol. The van der Waals surface area contributed by atoms with Gasteiger partial charge in [-0.25, -0.2) is 9.37 Å². The van der Waals surface area contributed by atoms with Crippen LogP contribution in [0.5, 0.6) is 0 Å². The minimum Gasteiger partial charge on any atom is -0.338 e. The molecule has 1 aliphatic rings. The van der Waals surface area contributed by atoms with E-state index in [0.717, 1.165) is 22.3 Å². The monoisotopic (exact) mass is 323 g/mol. The number of nitrogens with zero attached hydrogens (tertiary/aromatic N) is 2. The second-order valence-electron chi connectivity index (χ2n) is 6.65. The number of hydrogen-bond acceptors (Lipinski definition) is 2. The molecule has 0 saturated carbocycles. The Kier molecular flexibility index (Phi) is 3.04. The molecule has 4 nitrogen and oxygen atoms in total. The van der Waals surface area contributed by atoms with Gasteiger partial charge in [0, 0.05) is 17.8 Å². The smallest absolute Gasteiger partial charge is 0.237 e. The predicted molar refractivity (Wildman–Crippen MR) is 92.5 cm³/mol. The van der Waals surface area contributed by atoms with Gasteiger partial charge in [0.2, 0.25) is 5.91 Å². The van der Waals surface area contributed by atoms with Crippen molar-refractivity contribution in [1.29, 1.82) is 0 Å². The van der Waals surface area contributed by atoms with E-state index in [1.165, 1.54) is 12.1 Å². The normalized spacial score (nSPS) is 16.0. The van der Waals surface area contributed by atoms with Gasteiger partial charge in [-0.15, -0.1) is 0 Å². The number of benzene rings is 2. The molecule has 1 aromatic heterocycles. The highest BCUT2D eigenvalue weighted by atomic mass is 19.1. The van der Waals surface area contributed by atoms with Gasteiger partial charge in [0.1, 0.15) is 11.6 Å². The third-order valence-electron chi connectivity index (χ3n) is 4.78. The van der Waals surface area contributed by atoms with Gasteiger partial charge in [-0.1, -0.05) is 12.1 Å². The van der Waals surface area contributed by atoms with Crippen LogP contribution in [0.1, 0.15) is 26.3 Å². The molecule has 0 spiro atoms. The highest BCUT2D eigenvalue weighted by Crippen LogP contribution is 2.43. The van der Waals surface area contributed by atoms with E-state index in [4.69, 9.17) is 0 Å². The summed E-state index contributed by atoms with van der Waals surface area (Å²) >= 11 is 0. The number of aromatic nitrogens is 2. The fraction of sp³-hybridized carbons (Fsp3) is 0.263. The molecule has 1 amide bonds. The van der Waals surface area contributed by atoms with Crippen LogP contribution in [0.4, 0.5) is 10.1 Å². The average Bonchev–Trinajstić information content (AvgIpc) is 3.05. The lowest BCUT2D eigenvalue weighted by molar-refractivity contribution is -0.122. The van der Waals surface area contributed by atoms with Crippen LogP contribution in [0.3, 0.4) is 0 Å². The Hall–Kier alpha value is -2.69. The summed E-state index contributed by atoms with van der Waals surface area (Å²) in [6, 6.07) is 10.4. The molecule has 0 saturated heterocycles. The van der Waals surface area contributed by atoms with Crippen molar-refractivity contribution in [3.05, 3.63) is 47.8 Å². The minimum atomic E-state index is -0.513. The molecule has 0 unspecified atom stereocenters. The van der Waals surface area contributed by atoms with Gasteiger partial charge in [0.05, 0.1) is 16.4 Å². The van der Waals surface area contributed by atoms with E-state index >= 15 is 0 Å². The van der Waals surface area contributed by atoms with Gasteiger partial charge in [-0.2, -0.15) is 0 Å². The van der Waals surface area contributed by atoms with E-state index < -0.39 is 5.41 Å². The summed E-state index contributed by atoms with van der Waals surface area (Å²) in [4.78, 5) is 22.1. The standard InChI is InChI=1S/C19H18FN3O/c1-4-23-16-9-11(5-7-13(16)19(2,3)18(23)24)17-21-14-8-6-12(20)10-15(14)22-17/h5-10H,4H2,1-3H3,(H,21,22). The van der Waals surface area contributed by atoms with E-state index in [9.17, 15) is 9.18 Å². The largest absolute Gasteiger partial charge is 0.338 e. The number of nitrogens with one attached hydrogen (secondary N) is 1. The van der Waals surface area contributed by atoms with Gasteiger partial charge in [-0.05, 0) is 50.6 Å². The van der Waals surface area contributed by atoms with Crippen LogP contribution in [0, 0.1) is 5.82 Å². The topological polar surface area (TPSA) is 49.0 Å². The number of carbonyl (C=O) groups is 1. The molecule has 0 fully saturated rings. The number of hydrogen-bond donors (Lipinski definition) is 1. The summed E-state index contributed by atoms with van der Waals surface area (Å²) in [5.41, 5.74) is 3.71. The molecule has 122 valence electrons. The molecule has 5 heteroatoms. The van der Waals surface area contributed by atoms with Crippen LogP contribution in [0.15, 0.2) is 36.4 Å². The number of likely N-dealkylation sites (N-methyl/N-ethyl adjacent to an activating group) is 1. The molecule has 4 rings (SSSR count). The molecule has 2 aromatic carbocycles. The molecular weight excluding hydrogens is 305 g/mol. The Morgan fingerprint density at radius 2 is 2.00 bits per heavy atom. The van der Waals surface area contributed by atoms with Crippen LogP contribution in [-0.2, 0) is 10.2 Å². The number of fused-ring (bicyclic) bond motifs is 2. The summed E-state index contributed by atoms with van der Waals surface area (Å²) in [5, 5.41) is 0. The fourth-order valence-corrected chi connectivity index (χ4v) is 3.43. The third kappa shape index (κ3) is 1.97. The zero-order valence-corrected chi connectivity index (χ0v) is 13.9. The molecule has 0 bridgehead atoms. The van der Waals surface area contributed by atoms with Crippen molar-refractivity contribution in [3.8, 4) is 11.4 Å². The summed E-state index contributed by atoms with van der Waals surface area (Å²) in [7, 11) is 0. The summed E-state index contributed by atoms with van der Waals surface area (Å²) in [6.07, 6.45) is 0. The molecule has 0 radical (unpaired) electrons. The highest BCUT2D eigenvalue weighted by molar-refractivity contribution is 6.08. The molecule has 3 aromatic rings. The van der Waals surface area contributed by atoms with Gasteiger partial charge < -0.3 is 9.88 Å². The number of amides is 1. The van der Waals surface area contributed by atoms with Crippen molar-refractivity contribution in [1.82, 2.24) is 9.97 Å². The first-order valence-corrected chi connectivity index (χ1v) is 8.04. The van der Waals surface area contributed by atoms with Crippen LogP contribution in [-0.4, -0.2) is 22.4 Å². The van der Waals surface area contributed by atoms with Gasteiger partial charge >= 0.3 is 0 Å². The number of H-pyrrole nitrogens is 1. The Labute approximate surface area is 139 Å². The fourth-order valence-electron chi connectivity index (χ4n) is 3.43. The van der Waals surface area contributed by atoms with E-state index in [0.29, 0.717) is 17.9 Å². The van der Waals surface area contributed by atoms with E-state index in [-0.39, 0.29) is 11.7 Å². The van der Waals surface area contributed by atoms with Gasteiger partial charge in [0.15, 0.2) is 0 Å². The van der Waals surface area contributed by atoms with Crippen molar-refractivity contribution < 1.29 is 9.18 Å². The zero-order chi connectivity index (χ0) is 17.1. The number of carbonyl (C=O) groups excluding carboxylic acids is 1. The SMILES string of the molecule is CCN1C(=O)C(C)(C)c2ccc(-c3nc4ccc(F)cc4[nH]3)cc21. The second kappa shape index (κ2) is 4.90. The van der Waals surface area contributed by atoms with E-state index in [1.54, 1.807) is 11.0 Å². The zero-order valence-electron chi connectivity index (χ0n) is 13.9. The maximum absolute atomic E-state index is 13.4. The van der Waals surface area contributed by atoms with Crippen LogP contribution >= 0.6 is 0 Å². The minimum absolute atomic E-state index is 0.115.